The van der Waals surface area contributed by atoms with Gasteiger partial charge in [-0.2, -0.15) is 0 Å². The summed E-state index contributed by atoms with van der Waals surface area (Å²) >= 11 is 0. The maximum absolute atomic E-state index is 11.7. The fourth-order valence-corrected chi connectivity index (χ4v) is 1.65. The maximum atomic E-state index is 11.7. The molecule has 1 aromatic carbocycles. The number of rotatable bonds is 5. The van der Waals surface area contributed by atoms with Crippen LogP contribution < -0.4 is 10.6 Å². The van der Waals surface area contributed by atoms with Crippen molar-refractivity contribution in [3.8, 4) is 0 Å². The van der Waals surface area contributed by atoms with E-state index in [1.807, 2.05) is 13.0 Å². The zero-order valence-corrected chi connectivity index (χ0v) is 11.1. The van der Waals surface area contributed by atoms with Gasteiger partial charge < -0.3 is 20.8 Å². The number of benzene rings is 1. The number of hydrogen-bond donors (Lipinski definition) is 4. The van der Waals surface area contributed by atoms with Crippen LogP contribution in [0.25, 0.3) is 0 Å². The minimum absolute atomic E-state index is 0.535. The van der Waals surface area contributed by atoms with Crippen molar-refractivity contribution in [3.63, 3.8) is 0 Å². The predicted octanol–water partition coefficient (Wildman–Crippen LogP) is 1.35. The van der Waals surface area contributed by atoms with E-state index in [-0.39, 0.29) is 0 Å². The highest BCUT2D eigenvalue weighted by Gasteiger charge is 2.23. The number of carboxylic acid groups (broad SMARTS) is 2. The summed E-state index contributed by atoms with van der Waals surface area (Å²) in [6.07, 6.45) is -0.685. The zero-order valence-electron chi connectivity index (χ0n) is 11.1. The molecule has 0 radical (unpaired) electrons. The van der Waals surface area contributed by atoms with Gasteiger partial charge in [-0.25, -0.2) is 9.59 Å². The average Bonchev–Trinajstić information content (AvgIpc) is 2.31. The van der Waals surface area contributed by atoms with E-state index in [1.54, 1.807) is 19.1 Å². The van der Waals surface area contributed by atoms with Crippen LogP contribution >= 0.6 is 0 Å². The monoisotopic (exact) mass is 280 g/mol. The molecule has 0 saturated carbocycles. The molecule has 1 atom stereocenters. The summed E-state index contributed by atoms with van der Waals surface area (Å²) in [5.41, 5.74) is 2.39. The van der Waals surface area contributed by atoms with Gasteiger partial charge in [-0.1, -0.05) is 17.7 Å². The van der Waals surface area contributed by atoms with Crippen LogP contribution in [0, 0.1) is 13.8 Å². The number of carbonyl (C=O) groups is 3. The van der Waals surface area contributed by atoms with E-state index in [4.69, 9.17) is 10.2 Å². The smallest absolute Gasteiger partial charge is 0.326 e. The van der Waals surface area contributed by atoms with Gasteiger partial charge in [0, 0.05) is 5.69 Å². The summed E-state index contributed by atoms with van der Waals surface area (Å²) in [6.45, 7) is 3.71. The number of anilines is 1. The molecule has 0 heterocycles. The standard InChI is InChI=1S/C13H16N2O5/c1-7-3-4-9(8(2)5-7)14-13(20)15-10(12(18)19)6-11(16)17/h3-5,10H,6H2,1-2H3,(H,16,17)(H,18,19)(H2,14,15,20)/t10-/m1/s1. The molecule has 7 nitrogen and oxygen atoms in total. The van der Waals surface area contributed by atoms with Gasteiger partial charge in [0.2, 0.25) is 0 Å². The molecule has 0 aliphatic rings. The summed E-state index contributed by atoms with van der Waals surface area (Å²) in [7, 11) is 0. The number of hydrogen-bond acceptors (Lipinski definition) is 3. The first kappa shape index (κ1) is 15.5. The van der Waals surface area contributed by atoms with Crippen LogP contribution in [0.3, 0.4) is 0 Å². The van der Waals surface area contributed by atoms with Gasteiger partial charge in [-0.15, -0.1) is 0 Å². The van der Waals surface area contributed by atoms with E-state index < -0.39 is 30.4 Å². The largest absolute Gasteiger partial charge is 0.481 e. The van der Waals surface area contributed by atoms with Crippen molar-refractivity contribution in [2.24, 2.45) is 0 Å². The van der Waals surface area contributed by atoms with Crippen LogP contribution in [-0.2, 0) is 9.59 Å². The number of amides is 2. The Balaban J connectivity index is 2.70. The molecule has 2 amide bonds. The maximum Gasteiger partial charge on any atom is 0.326 e. The zero-order chi connectivity index (χ0) is 15.3. The Morgan fingerprint density at radius 2 is 1.85 bits per heavy atom. The van der Waals surface area contributed by atoms with Crippen molar-refractivity contribution in [2.75, 3.05) is 5.32 Å². The van der Waals surface area contributed by atoms with E-state index in [0.717, 1.165) is 11.1 Å². The van der Waals surface area contributed by atoms with Gasteiger partial charge >= 0.3 is 18.0 Å². The second kappa shape index (κ2) is 6.55. The van der Waals surface area contributed by atoms with Gasteiger partial charge in [-0.3, -0.25) is 4.79 Å². The Kier molecular flexibility index (Phi) is 5.08. The Morgan fingerprint density at radius 3 is 2.35 bits per heavy atom. The van der Waals surface area contributed by atoms with Crippen molar-refractivity contribution in [1.29, 1.82) is 0 Å². The van der Waals surface area contributed by atoms with Gasteiger partial charge in [-0.05, 0) is 25.5 Å². The normalized spacial score (nSPS) is 11.5. The molecular formula is C13H16N2O5. The second-order valence-corrected chi connectivity index (χ2v) is 4.41. The first-order valence-corrected chi connectivity index (χ1v) is 5.89. The highest BCUT2D eigenvalue weighted by molar-refractivity contribution is 5.93. The highest BCUT2D eigenvalue weighted by Crippen LogP contribution is 2.15. The lowest BCUT2D eigenvalue weighted by Gasteiger charge is -2.14. The SMILES string of the molecule is Cc1ccc(NC(=O)N[C@H](CC(=O)O)C(=O)O)c(C)c1. The van der Waals surface area contributed by atoms with E-state index in [2.05, 4.69) is 10.6 Å². The minimum atomic E-state index is -1.47. The van der Waals surface area contributed by atoms with Crippen LogP contribution in [0.1, 0.15) is 17.5 Å². The Morgan fingerprint density at radius 1 is 1.20 bits per heavy atom. The number of carboxylic acids is 2. The van der Waals surface area contributed by atoms with Crippen LogP contribution in [0.2, 0.25) is 0 Å². The van der Waals surface area contributed by atoms with Gasteiger partial charge in [0.25, 0.3) is 0 Å². The molecule has 0 aliphatic heterocycles. The van der Waals surface area contributed by atoms with E-state index >= 15 is 0 Å². The summed E-state index contributed by atoms with van der Waals surface area (Å²) < 4.78 is 0. The van der Waals surface area contributed by atoms with Crippen molar-refractivity contribution in [3.05, 3.63) is 29.3 Å². The molecule has 4 N–H and O–H groups in total. The Hall–Kier alpha value is -2.57. The summed E-state index contributed by atoms with van der Waals surface area (Å²) in [4.78, 5) is 33.0. The molecule has 1 aromatic rings. The van der Waals surface area contributed by atoms with Crippen molar-refractivity contribution in [1.82, 2.24) is 5.32 Å². The third-order valence-corrected chi connectivity index (χ3v) is 2.61. The van der Waals surface area contributed by atoms with E-state index in [0.29, 0.717) is 5.69 Å². The van der Waals surface area contributed by atoms with Crippen LogP contribution in [0.5, 0.6) is 0 Å². The van der Waals surface area contributed by atoms with Gasteiger partial charge in [0.05, 0.1) is 6.42 Å². The molecule has 108 valence electrons. The fraction of sp³-hybridized carbons (Fsp3) is 0.308. The van der Waals surface area contributed by atoms with Crippen LogP contribution in [0.15, 0.2) is 18.2 Å². The molecule has 0 fully saturated rings. The number of nitrogens with one attached hydrogen (secondary N) is 2. The lowest BCUT2D eigenvalue weighted by Crippen LogP contribution is -2.44. The number of carbonyl (C=O) groups excluding carboxylic acids is 1. The number of aliphatic carboxylic acids is 2. The molecule has 1 rings (SSSR count). The summed E-state index contributed by atoms with van der Waals surface area (Å²) in [5, 5.41) is 22.0. The predicted molar refractivity (Wildman–Crippen MR) is 71.7 cm³/mol. The molecule has 0 aliphatic carbocycles. The van der Waals surface area contributed by atoms with Crippen molar-refractivity contribution < 1.29 is 24.6 Å². The lowest BCUT2D eigenvalue weighted by molar-refractivity contribution is -0.145. The van der Waals surface area contributed by atoms with Crippen molar-refractivity contribution in [2.45, 2.75) is 26.3 Å². The highest BCUT2D eigenvalue weighted by atomic mass is 16.4. The third-order valence-electron chi connectivity index (χ3n) is 2.61. The molecule has 20 heavy (non-hydrogen) atoms. The van der Waals surface area contributed by atoms with Gasteiger partial charge in [0.15, 0.2) is 0 Å². The molecule has 0 spiro atoms. The number of urea groups is 1. The fourth-order valence-electron chi connectivity index (χ4n) is 1.65. The van der Waals surface area contributed by atoms with Gasteiger partial charge in [0.1, 0.15) is 6.04 Å². The molecule has 0 bridgehead atoms. The third kappa shape index (κ3) is 4.60. The summed E-state index contributed by atoms with van der Waals surface area (Å²) in [6, 6.07) is 3.12. The molecule has 7 heteroatoms. The van der Waals surface area contributed by atoms with Crippen LogP contribution in [0.4, 0.5) is 10.5 Å². The molecule has 0 unspecified atom stereocenters. The Labute approximate surface area is 115 Å². The van der Waals surface area contributed by atoms with Crippen LogP contribution in [-0.4, -0.2) is 34.2 Å². The first-order chi connectivity index (χ1) is 9.29. The summed E-state index contributed by atoms with van der Waals surface area (Å²) in [5.74, 6) is -2.70. The lowest BCUT2D eigenvalue weighted by atomic mass is 10.1. The molecular weight excluding hydrogens is 264 g/mol. The van der Waals surface area contributed by atoms with E-state index in [1.165, 1.54) is 0 Å². The second-order valence-electron chi connectivity index (χ2n) is 4.41. The Bertz CT molecular complexity index is 542. The first-order valence-electron chi connectivity index (χ1n) is 5.89. The molecule has 0 aromatic heterocycles. The molecule has 0 saturated heterocycles. The average molecular weight is 280 g/mol. The topological polar surface area (TPSA) is 116 Å². The quantitative estimate of drug-likeness (QED) is 0.649. The number of aryl methyl sites for hydroxylation is 2. The van der Waals surface area contributed by atoms with E-state index in [9.17, 15) is 14.4 Å². The minimum Gasteiger partial charge on any atom is -0.481 e. The van der Waals surface area contributed by atoms with Crippen molar-refractivity contribution >= 4 is 23.7 Å².